The first kappa shape index (κ1) is 13.5. The third-order valence-electron chi connectivity index (χ3n) is 3.22. The summed E-state index contributed by atoms with van der Waals surface area (Å²) >= 11 is 0. The Bertz CT molecular complexity index is 567. The van der Waals surface area contributed by atoms with Crippen LogP contribution in [0.4, 0.5) is 0 Å². The molecule has 0 bridgehead atoms. The molecule has 0 spiro atoms. The summed E-state index contributed by atoms with van der Waals surface area (Å²) in [6.45, 7) is 4.10. The summed E-state index contributed by atoms with van der Waals surface area (Å²) in [5, 5.41) is 3.21. The molecule has 1 heterocycles. The van der Waals surface area contributed by atoms with E-state index in [0.29, 0.717) is 0 Å². The van der Waals surface area contributed by atoms with Crippen molar-refractivity contribution >= 4 is 0 Å². The molecule has 0 saturated carbocycles. The van der Waals surface area contributed by atoms with Crippen LogP contribution in [0.2, 0.25) is 0 Å². The maximum atomic E-state index is 5.38. The Morgan fingerprint density at radius 1 is 1.16 bits per heavy atom. The quantitative estimate of drug-likeness (QED) is 0.914. The molecule has 1 aromatic heterocycles. The van der Waals surface area contributed by atoms with E-state index < -0.39 is 0 Å². The third kappa shape index (κ3) is 2.74. The summed E-state index contributed by atoms with van der Waals surface area (Å²) in [6.07, 6.45) is 1.78. The molecule has 0 fully saturated rings. The van der Waals surface area contributed by atoms with Crippen molar-refractivity contribution in [3.63, 3.8) is 0 Å². The lowest BCUT2D eigenvalue weighted by Crippen LogP contribution is -2.35. The van der Waals surface area contributed by atoms with Gasteiger partial charge in [0.05, 0.1) is 18.3 Å². The summed E-state index contributed by atoms with van der Waals surface area (Å²) in [6, 6.07) is 9.75. The molecule has 0 aliphatic rings. The van der Waals surface area contributed by atoms with Gasteiger partial charge < -0.3 is 10.1 Å². The fourth-order valence-corrected chi connectivity index (χ4v) is 1.78. The van der Waals surface area contributed by atoms with Crippen molar-refractivity contribution in [2.75, 3.05) is 14.2 Å². The van der Waals surface area contributed by atoms with E-state index in [0.717, 1.165) is 22.8 Å². The lowest BCUT2D eigenvalue weighted by atomic mass is 10.0. The Labute approximate surface area is 113 Å². The van der Waals surface area contributed by atoms with Gasteiger partial charge in [-0.2, -0.15) is 0 Å². The maximum Gasteiger partial charge on any atom is 0.148 e. The zero-order valence-electron chi connectivity index (χ0n) is 11.8. The molecule has 0 radical (unpaired) electrons. The van der Waals surface area contributed by atoms with Crippen LogP contribution in [0.5, 0.6) is 5.75 Å². The normalized spacial score (nSPS) is 11.4. The fraction of sp³-hybridized carbons (Fsp3) is 0.333. The van der Waals surface area contributed by atoms with Gasteiger partial charge in [0.2, 0.25) is 0 Å². The Morgan fingerprint density at radius 3 is 2.58 bits per heavy atom. The lowest BCUT2D eigenvalue weighted by molar-refractivity contribution is 0.413. The van der Waals surface area contributed by atoms with E-state index in [4.69, 9.17) is 4.74 Å². The molecule has 0 atom stereocenters. The SMILES string of the molecule is CNC(C)(C)c1nccc(-c2ccccc2OC)n1. The Kier molecular flexibility index (Phi) is 3.81. The van der Waals surface area contributed by atoms with E-state index in [2.05, 4.69) is 15.3 Å². The summed E-state index contributed by atoms with van der Waals surface area (Å²) in [5.74, 6) is 1.58. The van der Waals surface area contributed by atoms with Crippen LogP contribution in [0.1, 0.15) is 19.7 Å². The topological polar surface area (TPSA) is 47.0 Å². The summed E-state index contributed by atoms with van der Waals surface area (Å²) in [7, 11) is 3.57. The summed E-state index contributed by atoms with van der Waals surface area (Å²) in [5.41, 5.74) is 1.57. The molecule has 2 aromatic rings. The smallest absolute Gasteiger partial charge is 0.148 e. The highest BCUT2D eigenvalue weighted by molar-refractivity contribution is 5.66. The van der Waals surface area contributed by atoms with Crippen molar-refractivity contribution in [1.82, 2.24) is 15.3 Å². The standard InChI is InChI=1S/C15H19N3O/c1-15(2,16-3)14-17-10-9-12(18-14)11-7-5-6-8-13(11)19-4/h5-10,16H,1-4H3. The van der Waals surface area contributed by atoms with E-state index in [-0.39, 0.29) is 5.54 Å². The van der Waals surface area contributed by atoms with Gasteiger partial charge in [0.25, 0.3) is 0 Å². The molecular weight excluding hydrogens is 238 g/mol. The van der Waals surface area contributed by atoms with E-state index in [1.165, 1.54) is 0 Å². The van der Waals surface area contributed by atoms with Crippen LogP contribution >= 0.6 is 0 Å². The van der Waals surface area contributed by atoms with Gasteiger partial charge in [0, 0.05) is 11.8 Å². The number of nitrogens with one attached hydrogen (secondary N) is 1. The molecule has 2 rings (SSSR count). The average Bonchev–Trinajstić information content (AvgIpc) is 2.47. The van der Waals surface area contributed by atoms with Crippen molar-refractivity contribution in [1.29, 1.82) is 0 Å². The van der Waals surface area contributed by atoms with Crippen LogP contribution in [0.3, 0.4) is 0 Å². The van der Waals surface area contributed by atoms with Crippen molar-refractivity contribution in [3.05, 3.63) is 42.4 Å². The second-order valence-electron chi connectivity index (χ2n) is 4.84. The molecule has 19 heavy (non-hydrogen) atoms. The molecule has 4 heteroatoms. The van der Waals surface area contributed by atoms with E-state index in [9.17, 15) is 0 Å². The number of aromatic nitrogens is 2. The highest BCUT2D eigenvalue weighted by atomic mass is 16.5. The van der Waals surface area contributed by atoms with Gasteiger partial charge in [-0.25, -0.2) is 9.97 Å². The second-order valence-corrected chi connectivity index (χ2v) is 4.84. The molecule has 0 aliphatic carbocycles. The van der Waals surface area contributed by atoms with Crippen molar-refractivity contribution in [2.24, 2.45) is 0 Å². The van der Waals surface area contributed by atoms with Crippen LogP contribution in [0.25, 0.3) is 11.3 Å². The van der Waals surface area contributed by atoms with E-state index in [1.54, 1.807) is 13.3 Å². The first-order chi connectivity index (χ1) is 9.08. The van der Waals surface area contributed by atoms with Crippen molar-refractivity contribution < 1.29 is 4.74 Å². The van der Waals surface area contributed by atoms with E-state index >= 15 is 0 Å². The molecular formula is C15H19N3O. The zero-order valence-corrected chi connectivity index (χ0v) is 11.8. The maximum absolute atomic E-state index is 5.38. The Balaban J connectivity index is 2.49. The van der Waals surface area contributed by atoms with Crippen LogP contribution in [0, 0.1) is 0 Å². The number of hydrogen-bond acceptors (Lipinski definition) is 4. The van der Waals surface area contributed by atoms with Gasteiger partial charge in [-0.1, -0.05) is 12.1 Å². The third-order valence-corrected chi connectivity index (χ3v) is 3.22. The Hall–Kier alpha value is -1.94. The number of rotatable bonds is 4. The molecule has 0 saturated heterocycles. The number of ether oxygens (including phenoxy) is 1. The minimum Gasteiger partial charge on any atom is -0.496 e. The van der Waals surface area contributed by atoms with Gasteiger partial charge >= 0.3 is 0 Å². The van der Waals surface area contributed by atoms with Crippen LogP contribution in [0.15, 0.2) is 36.5 Å². The predicted octanol–water partition coefficient (Wildman–Crippen LogP) is 2.61. The number of benzene rings is 1. The lowest BCUT2D eigenvalue weighted by Gasteiger charge is -2.22. The molecule has 0 amide bonds. The van der Waals surface area contributed by atoms with Crippen molar-refractivity contribution in [2.45, 2.75) is 19.4 Å². The molecule has 1 N–H and O–H groups in total. The van der Waals surface area contributed by atoms with Crippen LogP contribution in [-0.4, -0.2) is 24.1 Å². The minimum absolute atomic E-state index is 0.266. The van der Waals surface area contributed by atoms with Crippen molar-refractivity contribution in [3.8, 4) is 17.0 Å². The fourth-order valence-electron chi connectivity index (χ4n) is 1.78. The molecule has 100 valence electrons. The average molecular weight is 257 g/mol. The molecule has 1 aromatic carbocycles. The first-order valence-electron chi connectivity index (χ1n) is 6.24. The minimum atomic E-state index is -0.266. The highest BCUT2D eigenvalue weighted by Gasteiger charge is 2.21. The molecule has 0 aliphatic heterocycles. The summed E-state index contributed by atoms with van der Waals surface area (Å²) < 4.78 is 5.38. The van der Waals surface area contributed by atoms with Gasteiger partial charge in [0.15, 0.2) is 0 Å². The van der Waals surface area contributed by atoms with E-state index in [1.807, 2.05) is 51.2 Å². The van der Waals surface area contributed by atoms with Gasteiger partial charge in [-0.05, 0) is 39.1 Å². The first-order valence-corrected chi connectivity index (χ1v) is 6.24. The monoisotopic (exact) mass is 257 g/mol. The number of nitrogens with zero attached hydrogens (tertiary/aromatic N) is 2. The second kappa shape index (κ2) is 5.36. The highest BCUT2D eigenvalue weighted by Crippen LogP contribution is 2.28. The molecule has 0 unspecified atom stereocenters. The zero-order chi connectivity index (χ0) is 13.9. The van der Waals surface area contributed by atoms with Gasteiger partial charge in [-0.15, -0.1) is 0 Å². The van der Waals surface area contributed by atoms with Gasteiger partial charge in [0.1, 0.15) is 11.6 Å². The summed E-state index contributed by atoms with van der Waals surface area (Å²) in [4.78, 5) is 8.99. The van der Waals surface area contributed by atoms with Gasteiger partial charge in [-0.3, -0.25) is 0 Å². The number of hydrogen-bond donors (Lipinski definition) is 1. The Morgan fingerprint density at radius 2 is 1.89 bits per heavy atom. The van der Waals surface area contributed by atoms with Crippen LogP contribution < -0.4 is 10.1 Å². The predicted molar refractivity (Wildman–Crippen MR) is 76.1 cm³/mol. The number of methoxy groups -OCH3 is 1. The molecule has 4 nitrogen and oxygen atoms in total. The largest absolute Gasteiger partial charge is 0.496 e. The van der Waals surface area contributed by atoms with Crippen LogP contribution in [-0.2, 0) is 5.54 Å². The number of para-hydroxylation sites is 1.